The first kappa shape index (κ1) is 20.2. The second-order valence-corrected chi connectivity index (χ2v) is 6.55. The van der Waals surface area contributed by atoms with Gasteiger partial charge in [0, 0.05) is 11.4 Å². The first-order valence-electron chi connectivity index (χ1n) is 8.86. The molecule has 142 valence electrons. The number of carbonyl (C=O) groups is 2. The largest absolute Gasteiger partial charge is 0.463 e. The summed E-state index contributed by atoms with van der Waals surface area (Å²) in [5, 5.41) is 12.3. The molecule has 6 nitrogen and oxygen atoms in total. The second kappa shape index (κ2) is 8.54. The second-order valence-electron chi connectivity index (χ2n) is 6.55. The number of carbonyl (C=O) groups excluding carboxylic acids is 2. The van der Waals surface area contributed by atoms with Gasteiger partial charge >= 0.3 is 11.9 Å². The minimum Gasteiger partial charge on any atom is -0.463 e. The number of hydrogen-bond donors (Lipinski definition) is 1. The van der Waals surface area contributed by atoms with Gasteiger partial charge in [0.1, 0.15) is 0 Å². The molecule has 0 aliphatic carbocycles. The van der Waals surface area contributed by atoms with Crippen molar-refractivity contribution in [1.82, 2.24) is 5.32 Å². The van der Waals surface area contributed by atoms with Crippen molar-refractivity contribution < 1.29 is 19.1 Å². The van der Waals surface area contributed by atoms with Gasteiger partial charge in [-0.25, -0.2) is 9.59 Å². The van der Waals surface area contributed by atoms with Gasteiger partial charge in [0.25, 0.3) is 0 Å². The molecular formula is C21H24N2O4. The van der Waals surface area contributed by atoms with Crippen LogP contribution < -0.4 is 5.32 Å². The molecule has 0 radical (unpaired) electrons. The Bertz CT molecular complexity index is 859. The summed E-state index contributed by atoms with van der Waals surface area (Å²) < 4.78 is 10.6. The molecule has 0 amide bonds. The summed E-state index contributed by atoms with van der Waals surface area (Å²) in [5.41, 5.74) is 3.01. The molecule has 1 aliphatic rings. The smallest absolute Gasteiger partial charge is 0.337 e. The van der Waals surface area contributed by atoms with Crippen LogP contribution >= 0.6 is 0 Å². The molecule has 27 heavy (non-hydrogen) atoms. The number of ether oxygens (including phenoxy) is 2. The Kier molecular flexibility index (Phi) is 6.40. The number of allylic oxidation sites excluding steroid dienone is 2. The minimum atomic E-state index is -0.676. The fourth-order valence-electron chi connectivity index (χ4n) is 3.14. The quantitative estimate of drug-likeness (QED) is 0.802. The maximum Gasteiger partial charge on any atom is 0.337 e. The van der Waals surface area contributed by atoms with Crippen LogP contribution in [-0.4, -0.2) is 24.6 Å². The highest BCUT2D eigenvalue weighted by Crippen LogP contribution is 2.39. The van der Waals surface area contributed by atoms with Crippen LogP contribution in [0.4, 0.5) is 0 Å². The van der Waals surface area contributed by atoms with Crippen molar-refractivity contribution in [3.63, 3.8) is 0 Å². The third kappa shape index (κ3) is 4.37. The molecule has 1 unspecified atom stereocenters. The zero-order valence-corrected chi connectivity index (χ0v) is 16.3. The van der Waals surface area contributed by atoms with E-state index in [-0.39, 0.29) is 12.7 Å². The van der Waals surface area contributed by atoms with Crippen LogP contribution in [0, 0.1) is 11.3 Å². The minimum absolute atomic E-state index is 0.217. The van der Waals surface area contributed by atoms with Gasteiger partial charge in [-0.15, -0.1) is 0 Å². The lowest BCUT2D eigenvalue weighted by Gasteiger charge is -2.30. The lowest BCUT2D eigenvalue weighted by atomic mass is 9.80. The molecule has 0 saturated carbocycles. The highest BCUT2D eigenvalue weighted by Gasteiger charge is 2.38. The van der Waals surface area contributed by atoms with Gasteiger partial charge in [-0.3, -0.25) is 0 Å². The highest BCUT2D eigenvalue weighted by atomic mass is 16.5. The van der Waals surface area contributed by atoms with E-state index in [0.29, 0.717) is 33.7 Å². The Morgan fingerprint density at radius 2 is 1.81 bits per heavy atom. The predicted octanol–water partition coefficient (Wildman–Crippen LogP) is 3.31. The summed E-state index contributed by atoms with van der Waals surface area (Å²) in [7, 11) is 0. The maximum absolute atomic E-state index is 12.8. The molecule has 1 aliphatic heterocycles. The Morgan fingerprint density at radius 3 is 2.37 bits per heavy atom. The first-order valence-corrected chi connectivity index (χ1v) is 8.86. The number of hydrogen-bond acceptors (Lipinski definition) is 6. The van der Waals surface area contributed by atoms with Crippen molar-refractivity contribution in [2.75, 3.05) is 6.61 Å². The van der Waals surface area contributed by atoms with E-state index in [0.717, 1.165) is 0 Å². The first-order chi connectivity index (χ1) is 12.8. The lowest BCUT2D eigenvalue weighted by Crippen LogP contribution is -2.33. The number of dihydropyridines is 1. The van der Waals surface area contributed by atoms with Crippen LogP contribution in [-0.2, 0) is 19.1 Å². The Labute approximate surface area is 159 Å². The summed E-state index contributed by atoms with van der Waals surface area (Å²) in [4.78, 5) is 25.5. The molecule has 0 aromatic heterocycles. The SMILES string of the molecule is CCOC(=O)C1=C(C)NC(C)=C(C(=O)OC(C)C)C1c1cccc(C#N)c1. The Balaban J connectivity index is 2.66. The molecule has 1 heterocycles. The maximum atomic E-state index is 12.8. The van der Waals surface area contributed by atoms with Crippen molar-refractivity contribution in [2.45, 2.75) is 46.6 Å². The van der Waals surface area contributed by atoms with Crippen LogP contribution in [0.25, 0.3) is 0 Å². The Hall–Kier alpha value is -3.07. The number of nitrogens with one attached hydrogen (secondary N) is 1. The fraction of sp³-hybridized carbons (Fsp3) is 0.381. The van der Waals surface area contributed by atoms with Gasteiger partial charge in [-0.1, -0.05) is 12.1 Å². The van der Waals surface area contributed by atoms with E-state index >= 15 is 0 Å². The average molecular weight is 368 g/mol. The number of nitrogens with zero attached hydrogens (tertiary/aromatic N) is 1. The third-order valence-corrected chi connectivity index (χ3v) is 4.17. The van der Waals surface area contributed by atoms with Gasteiger partial charge < -0.3 is 14.8 Å². The van der Waals surface area contributed by atoms with Crippen molar-refractivity contribution in [1.29, 1.82) is 5.26 Å². The number of nitriles is 1. The molecule has 6 heteroatoms. The third-order valence-electron chi connectivity index (χ3n) is 4.17. The zero-order valence-electron chi connectivity index (χ0n) is 16.3. The van der Waals surface area contributed by atoms with Crippen molar-refractivity contribution in [3.8, 4) is 6.07 Å². The van der Waals surface area contributed by atoms with Crippen LogP contribution in [0.1, 0.15) is 51.7 Å². The molecule has 2 rings (SSSR count). The van der Waals surface area contributed by atoms with Gasteiger partial charge in [0.15, 0.2) is 0 Å². The van der Waals surface area contributed by atoms with Crippen molar-refractivity contribution >= 4 is 11.9 Å². The molecule has 0 bridgehead atoms. The summed E-state index contributed by atoms with van der Waals surface area (Å²) in [6, 6.07) is 8.97. The summed E-state index contributed by atoms with van der Waals surface area (Å²) in [5.74, 6) is -1.68. The normalized spacial score (nSPS) is 16.7. The van der Waals surface area contributed by atoms with Gasteiger partial charge in [0.05, 0.1) is 41.4 Å². The standard InChI is InChI=1S/C21H24N2O4/c1-6-26-20(24)17-13(4)23-14(5)18(21(25)27-12(2)3)19(17)16-9-7-8-15(10-16)11-22/h7-10,12,19,23H,6H2,1-5H3. The van der Waals surface area contributed by atoms with Crippen LogP contribution in [0.2, 0.25) is 0 Å². The monoisotopic (exact) mass is 368 g/mol. The Morgan fingerprint density at radius 1 is 1.19 bits per heavy atom. The van der Waals surface area contributed by atoms with Crippen LogP contribution in [0.3, 0.4) is 0 Å². The van der Waals surface area contributed by atoms with E-state index in [9.17, 15) is 14.9 Å². The van der Waals surface area contributed by atoms with Gasteiger partial charge in [0.2, 0.25) is 0 Å². The van der Waals surface area contributed by atoms with E-state index in [1.165, 1.54) is 0 Å². The lowest BCUT2D eigenvalue weighted by molar-refractivity contribution is -0.143. The van der Waals surface area contributed by atoms with Crippen LogP contribution in [0.15, 0.2) is 46.8 Å². The molecule has 1 aromatic rings. The average Bonchev–Trinajstić information content (AvgIpc) is 2.60. The van der Waals surface area contributed by atoms with Crippen LogP contribution in [0.5, 0.6) is 0 Å². The summed E-state index contributed by atoms with van der Waals surface area (Å²) in [6.07, 6.45) is -0.304. The number of rotatable bonds is 5. The summed E-state index contributed by atoms with van der Waals surface area (Å²) in [6.45, 7) is 9.01. The molecule has 0 spiro atoms. The van der Waals surface area contributed by atoms with Crippen molar-refractivity contribution in [3.05, 3.63) is 57.9 Å². The van der Waals surface area contributed by atoms with E-state index in [1.807, 2.05) is 0 Å². The molecule has 1 atom stereocenters. The zero-order chi connectivity index (χ0) is 20.1. The molecule has 1 N–H and O–H groups in total. The number of esters is 2. The highest BCUT2D eigenvalue weighted by molar-refractivity contribution is 6.00. The molecule has 0 fully saturated rings. The fourth-order valence-corrected chi connectivity index (χ4v) is 3.14. The van der Waals surface area contributed by atoms with E-state index in [1.54, 1.807) is 58.9 Å². The topological polar surface area (TPSA) is 88.4 Å². The van der Waals surface area contributed by atoms with Crippen molar-refractivity contribution in [2.24, 2.45) is 0 Å². The molecule has 0 saturated heterocycles. The van der Waals surface area contributed by atoms with E-state index < -0.39 is 17.9 Å². The summed E-state index contributed by atoms with van der Waals surface area (Å²) >= 11 is 0. The van der Waals surface area contributed by atoms with E-state index in [4.69, 9.17) is 9.47 Å². The van der Waals surface area contributed by atoms with Gasteiger partial charge in [-0.05, 0) is 52.3 Å². The predicted molar refractivity (Wildman–Crippen MR) is 100 cm³/mol. The number of benzene rings is 1. The molecular weight excluding hydrogens is 344 g/mol. The van der Waals surface area contributed by atoms with E-state index in [2.05, 4.69) is 11.4 Å². The van der Waals surface area contributed by atoms with Gasteiger partial charge in [-0.2, -0.15) is 5.26 Å². The molecule has 1 aromatic carbocycles.